The summed E-state index contributed by atoms with van der Waals surface area (Å²) in [5.74, 6) is 0.108. The van der Waals surface area contributed by atoms with E-state index in [1.807, 2.05) is 0 Å². The molecule has 1 aliphatic heterocycles. The number of nitrogens with one attached hydrogen (secondary N) is 1. The van der Waals surface area contributed by atoms with Gasteiger partial charge in [-0.3, -0.25) is 4.79 Å². The summed E-state index contributed by atoms with van der Waals surface area (Å²) in [6.07, 6.45) is 3.23. The molecule has 14 heavy (non-hydrogen) atoms. The summed E-state index contributed by atoms with van der Waals surface area (Å²) in [5, 5.41) is 3.12. The Hall–Kier alpha value is -0.570. The van der Waals surface area contributed by atoms with Crippen LogP contribution in [0.2, 0.25) is 0 Å². The molecular formula is C11H22N2O. The summed E-state index contributed by atoms with van der Waals surface area (Å²) in [6.45, 7) is 9.33. The Morgan fingerprint density at radius 2 is 1.93 bits per heavy atom. The molecule has 1 heterocycles. The first-order valence-electron chi connectivity index (χ1n) is 5.63. The van der Waals surface area contributed by atoms with Crippen molar-refractivity contribution in [1.82, 2.24) is 10.2 Å². The number of carbonyl (C=O) groups excluding carboxylic acids is 1. The van der Waals surface area contributed by atoms with Crippen LogP contribution in [-0.2, 0) is 4.79 Å². The molecule has 1 rings (SSSR count). The molecule has 0 unspecified atom stereocenters. The topological polar surface area (TPSA) is 32.3 Å². The highest BCUT2D eigenvalue weighted by atomic mass is 16.1. The van der Waals surface area contributed by atoms with Crippen molar-refractivity contribution in [2.45, 2.75) is 45.6 Å². The molecule has 0 aliphatic carbocycles. The van der Waals surface area contributed by atoms with Crippen molar-refractivity contribution >= 4 is 5.91 Å². The van der Waals surface area contributed by atoms with Crippen molar-refractivity contribution in [1.29, 1.82) is 0 Å². The summed E-state index contributed by atoms with van der Waals surface area (Å²) in [6, 6.07) is 0. The molecule has 1 aliphatic rings. The van der Waals surface area contributed by atoms with Crippen LogP contribution in [0.1, 0.15) is 40.0 Å². The third-order valence-corrected chi connectivity index (χ3v) is 3.38. The summed E-state index contributed by atoms with van der Waals surface area (Å²) >= 11 is 0. The molecule has 0 aromatic carbocycles. The van der Waals surface area contributed by atoms with Crippen LogP contribution >= 0.6 is 0 Å². The fourth-order valence-corrected chi connectivity index (χ4v) is 2.24. The minimum Gasteiger partial charge on any atom is -0.351 e. The fourth-order valence-electron chi connectivity index (χ4n) is 2.24. The van der Waals surface area contributed by atoms with Crippen LogP contribution < -0.4 is 5.32 Å². The van der Waals surface area contributed by atoms with Crippen LogP contribution in [0, 0.1) is 0 Å². The van der Waals surface area contributed by atoms with Crippen molar-refractivity contribution in [2.75, 3.05) is 19.6 Å². The molecule has 0 spiro atoms. The lowest BCUT2D eigenvalue weighted by atomic mass is 9.85. The third-order valence-electron chi connectivity index (χ3n) is 3.38. The normalized spacial score (nSPS) is 21.9. The van der Waals surface area contributed by atoms with Crippen molar-refractivity contribution in [3.05, 3.63) is 0 Å². The molecule has 0 saturated carbocycles. The predicted molar refractivity (Wildman–Crippen MR) is 58.2 cm³/mol. The lowest BCUT2D eigenvalue weighted by molar-refractivity contribution is -0.121. The summed E-state index contributed by atoms with van der Waals surface area (Å²) in [4.78, 5) is 13.5. The maximum Gasteiger partial charge on any atom is 0.217 e. The minimum absolute atomic E-state index is 0.0809. The van der Waals surface area contributed by atoms with E-state index in [9.17, 15) is 4.79 Å². The third kappa shape index (κ3) is 2.71. The Morgan fingerprint density at radius 1 is 1.36 bits per heavy atom. The lowest BCUT2D eigenvalue weighted by Crippen LogP contribution is -2.54. The molecule has 1 amide bonds. The molecule has 0 aromatic rings. The van der Waals surface area contributed by atoms with E-state index in [4.69, 9.17) is 0 Å². The Balaban J connectivity index is 2.52. The van der Waals surface area contributed by atoms with Crippen molar-refractivity contribution in [2.24, 2.45) is 0 Å². The minimum atomic E-state index is 0.0809. The maximum atomic E-state index is 11.1. The van der Waals surface area contributed by atoms with Crippen LogP contribution in [0.3, 0.4) is 0 Å². The summed E-state index contributed by atoms with van der Waals surface area (Å²) in [5.41, 5.74) is 0.0809. The van der Waals surface area contributed by atoms with Crippen LogP contribution in [-0.4, -0.2) is 36.0 Å². The Kier molecular flexibility index (Phi) is 3.93. The number of nitrogens with zero attached hydrogens (tertiary/aromatic N) is 1. The molecule has 82 valence electrons. The van der Waals surface area contributed by atoms with Gasteiger partial charge in [-0.05, 0) is 25.8 Å². The molecule has 1 fully saturated rings. The molecule has 1 N–H and O–H groups in total. The second kappa shape index (κ2) is 4.78. The Morgan fingerprint density at radius 3 is 2.29 bits per heavy atom. The monoisotopic (exact) mass is 198 g/mol. The summed E-state index contributed by atoms with van der Waals surface area (Å²) < 4.78 is 0. The quantitative estimate of drug-likeness (QED) is 0.743. The molecular weight excluding hydrogens is 176 g/mol. The van der Waals surface area contributed by atoms with Gasteiger partial charge in [0.05, 0.1) is 0 Å². The first kappa shape index (κ1) is 11.5. The van der Waals surface area contributed by atoms with Crippen molar-refractivity contribution in [3.8, 4) is 0 Å². The fraction of sp³-hybridized carbons (Fsp3) is 0.909. The van der Waals surface area contributed by atoms with E-state index in [-0.39, 0.29) is 11.4 Å². The van der Waals surface area contributed by atoms with Gasteiger partial charge < -0.3 is 10.2 Å². The van der Waals surface area contributed by atoms with Crippen molar-refractivity contribution in [3.63, 3.8) is 0 Å². The number of amides is 1. The largest absolute Gasteiger partial charge is 0.351 e. The molecule has 0 bridgehead atoms. The first-order chi connectivity index (χ1) is 6.62. The lowest BCUT2D eigenvalue weighted by Gasteiger charge is -2.41. The van der Waals surface area contributed by atoms with Gasteiger partial charge in [0.15, 0.2) is 0 Å². The van der Waals surface area contributed by atoms with Gasteiger partial charge >= 0.3 is 0 Å². The zero-order valence-corrected chi connectivity index (χ0v) is 9.60. The summed E-state index contributed by atoms with van der Waals surface area (Å²) in [7, 11) is 0. The SMILES string of the molecule is CCN1CCC(CC)(NC(C)=O)CC1. The second-order valence-electron chi connectivity index (χ2n) is 4.25. The predicted octanol–water partition coefficient (Wildman–Crippen LogP) is 1.39. The van der Waals surface area contributed by atoms with Crippen molar-refractivity contribution < 1.29 is 4.79 Å². The van der Waals surface area contributed by atoms with E-state index < -0.39 is 0 Å². The standard InChI is InChI=1S/C11H22N2O/c1-4-11(12-10(3)14)6-8-13(5-2)9-7-11/h4-9H2,1-3H3,(H,12,14). The molecule has 3 nitrogen and oxygen atoms in total. The Labute approximate surface area is 86.9 Å². The van der Waals surface area contributed by atoms with Crippen LogP contribution in [0.5, 0.6) is 0 Å². The van der Waals surface area contributed by atoms with Gasteiger partial charge in [-0.2, -0.15) is 0 Å². The smallest absolute Gasteiger partial charge is 0.217 e. The van der Waals surface area contributed by atoms with Gasteiger partial charge in [0.2, 0.25) is 5.91 Å². The number of rotatable bonds is 3. The van der Waals surface area contributed by atoms with E-state index in [1.165, 1.54) is 0 Å². The number of carbonyl (C=O) groups is 1. The zero-order valence-electron chi connectivity index (χ0n) is 9.60. The molecule has 0 aromatic heterocycles. The highest BCUT2D eigenvalue weighted by Crippen LogP contribution is 2.25. The van der Waals surface area contributed by atoms with E-state index in [0.717, 1.165) is 38.9 Å². The van der Waals surface area contributed by atoms with Crippen LogP contribution in [0.25, 0.3) is 0 Å². The Bertz CT molecular complexity index is 195. The zero-order chi connectivity index (χ0) is 10.6. The van der Waals surface area contributed by atoms with Gasteiger partial charge in [-0.1, -0.05) is 13.8 Å². The maximum absolute atomic E-state index is 11.1. The molecule has 0 atom stereocenters. The number of hydrogen-bond donors (Lipinski definition) is 1. The average molecular weight is 198 g/mol. The second-order valence-corrected chi connectivity index (χ2v) is 4.25. The van der Waals surface area contributed by atoms with E-state index in [0.29, 0.717) is 0 Å². The van der Waals surface area contributed by atoms with Gasteiger partial charge in [0, 0.05) is 25.6 Å². The van der Waals surface area contributed by atoms with Gasteiger partial charge in [0.1, 0.15) is 0 Å². The van der Waals surface area contributed by atoms with Gasteiger partial charge in [-0.15, -0.1) is 0 Å². The van der Waals surface area contributed by atoms with Gasteiger partial charge in [-0.25, -0.2) is 0 Å². The van der Waals surface area contributed by atoms with E-state index >= 15 is 0 Å². The molecule has 3 heteroatoms. The molecule has 1 saturated heterocycles. The van der Waals surface area contributed by atoms with E-state index in [2.05, 4.69) is 24.1 Å². The van der Waals surface area contributed by atoms with Gasteiger partial charge in [0.25, 0.3) is 0 Å². The number of likely N-dealkylation sites (tertiary alicyclic amines) is 1. The number of piperidine rings is 1. The van der Waals surface area contributed by atoms with Crippen LogP contribution in [0.15, 0.2) is 0 Å². The highest BCUT2D eigenvalue weighted by molar-refractivity contribution is 5.73. The molecule has 0 radical (unpaired) electrons. The van der Waals surface area contributed by atoms with E-state index in [1.54, 1.807) is 6.92 Å². The highest BCUT2D eigenvalue weighted by Gasteiger charge is 2.32. The first-order valence-corrected chi connectivity index (χ1v) is 5.63. The van der Waals surface area contributed by atoms with Crippen LogP contribution in [0.4, 0.5) is 0 Å². The number of hydrogen-bond acceptors (Lipinski definition) is 2. The average Bonchev–Trinajstić information content (AvgIpc) is 2.18.